The molecule has 0 spiro atoms. The Morgan fingerprint density at radius 2 is 2.24 bits per heavy atom. The van der Waals surface area contributed by atoms with E-state index in [1.165, 1.54) is 4.57 Å². The van der Waals surface area contributed by atoms with Gasteiger partial charge in [0, 0.05) is 5.02 Å². The summed E-state index contributed by atoms with van der Waals surface area (Å²) in [5.74, 6) is 5.85. The molecule has 1 aliphatic carbocycles. The van der Waals surface area contributed by atoms with E-state index < -0.39 is 0 Å². The second-order valence-electron chi connectivity index (χ2n) is 4.89. The molecule has 0 saturated heterocycles. The summed E-state index contributed by atoms with van der Waals surface area (Å²) in [7, 11) is 0. The molecule has 0 bridgehead atoms. The van der Waals surface area contributed by atoms with E-state index in [2.05, 4.69) is 22.6 Å². The van der Waals surface area contributed by atoms with E-state index in [0.29, 0.717) is 28.4 Å². The summed E-state index contributed by atoms with van der Waals surface area (Å²) in [6, 6.07) is 5.05. The van der Waals surface area contributed by atoms with Gasteiger partial charge in [-0.2, -0.15) is 0 Å². The smallest absolute Gasteiger partial charge is 0.263 e. The quantitative estimate of drug-likeness (QED) is 0.675. The molecule has 0 aliphatic heterocycles. The average Bonchev–Trinajstić information content (AvgIpc) is 2.51. The Kier molecular flexibility index (Phi) is 3.77. The van der Waals surface area contributed by atoms with Crippen molar-refractivity contribution in [2.24, 2.45) is 5.84 Å². The maximum atomic E-state index is 12.7. The fourth-order valence-corrected chi connectivity index (χ4v) is 2.59. The van der Waals surface area contributed by atoms with Crippen LogP contribution in [0.4, 0.5) is 5.95 Å². The van der Waals surface area contributed by atoms with Crippen LogP contribution in [0.5, 0.6) is 0 Å². The maximum absolute atomic E-state index is 12.7. The number of halogens is 1. The van der Waals surface area contributed by atoms with Gasteiger partial charge in [0.1, 0.15) is 0 Å². The van der Waals surface area contributed by atoms with Crippen LogP contribution in [-0.4, -0.2) is 9.55 Å². The molecule has 5 nitrogen and oxygen atoms in total. The first-order valence-electron chi connectivity index (χ1n) is 6.71. The number of hydrogen-bond acceptors (Lipinski definition) is 4. The van der Waals surface area contributed by atoms with E-state index in [0.717, 1.165) is 18.4 Å². The summed E-state index contributed by atoms with van der Waals surface area (Å²) >= 11 is 5.97. The summed E-state index contributed by atoms with van der Waals surface area (Å²) < 4.78 is 1.53. The van der Waals surface area contributed by atoms with Crippen molar-refractivity contribution in [1.82, 2.24) is 9.55 Å². The van der Waals surface area contributed by atoms with E-state index >= 15 is 0 Å². The van der Waals surface area contributed by atoms with Gasteiger partial charge in [0.05, 0.1) is 17.4 Å². The van der Waals surface area contributed by atoms with Gasteiger partial charge in [-0.15, -0.1) is 0 Å². The summed E-state index contributed by atoms with van der Waals surface area (Å²) in [6.45, 7) is 0.435. The molecule has 0 amide bonds. The second-order valence-corrected chi connectivity index (χ2v) is 5.33. The highest BCUT2D eigenvalue weighted by molar-refractivity contribution is 6.31. The number of anilines is 1. The number of nitrogens with zero attached hydrogens (tertiary/aromatic N) is 2. The van der Waals surface area contributed by atoms with Gasteiger partial charge in [-0.05, 0) is 36.6 Å². The second kappa shape index (κ2) is 5.71. The number of rotatable bonds is 3. The molecule has 3 N–H and O–H groups in total. The minimum absolute atomic E-state index is 0.157. The normalized spacial score (nSPS) is 14.3. The number of nitrogen functional groups attached to an aromatic ring is 1. The van der Waals surface area contributed by atoms with E-state index in [1.54, 1.807) is 18.2 Å². The molecule has 0 saturated carbocycles. The third-order valence-electron chi connectivity index (χ3n) is 3.46. The summed E-state index contributed by atoms with van der Waals surface area (Å²) in [5.41, 5.74) is 3.99. The Labute approximate surface area is 126 Å². The minimum Gasteiger partial charge on any atom is -0.294 e. The molecule has 0 unspecified atom stereocenters. The highest BCUT2D eigenvalue weighted by Crippen LogP contribution is 2.18. The topological polar surface area (TPSA) is 72.9 Å². The van der Waals surface area contributed by atoms with Gasteiger partial charge in [0.25, 0.3) is 5.56 Å². The van der Waals surface area contributed by atoms with Crippen LogP contribution in [0.3, 0.4) is 0 Å². The van der Waals surface area contributed by atoms with Gasteiger partial charge in [0.15, 0.2) is 0 Å². The van der Waals surface area contributed by atoms with Crippen LogP contribution in [0.15, 0.2) is 46.8 Å². The summed E-state index contributed by atoms with van der Waals surface area (Å²) in [4.78, 5) is 17.0. The zero-order valence-electron chi connectivity index (χ0n) is 11.3. The fraction of sp³-hybridized carbons (Fsp3) is 0.200. The standard InChI is InChI=1S/C15H15ClN4O/c16-11-6-7-13-12(8-11)14(21)20(15(18-13)19-17)9-10-4-2-1-3-5-10/h2,4-8H,1,3,9,17H2,(H,18,19). The van der Waals surface area contributed by atoms with Gasteiger partial charge in [-0.3, -0.25) is 14.8 Å². The van der Waals surface area contributed by atoms with Crippen LogP contribution >= 0.6 is 11.6 Å². The lowest BCUT2D eigenvalue weighted by molar-refractivity contribution is 0.745. The van der Waals surface area contributed by atoms with E-state index in [-0.39, 0.29) is 5.56 Å². The Bertz CT molecular complexity index is 807. The number of allylic oxidation sites excluding steroid dienone is 4. The molecular weight excluding hydrogens is 288 g/mol. The van der Waals surface area contributed by atoms with Gasteiger partial charge in [0.2, 0.25) is 5.95 Å². The monoisotopic (exact) mass is 302 g/mol. The van der Waals surface area contributed by atoms with E-state index in [4.69, 9.17) is 17.4 Å². The molecule has 2 aromatic rings. The van der Waals surface area contributed by atoms with Crippen LogP contribution in [0, 0.1) is 0 Å². The van der Waals surface area contributed by atoms with E-state index in [1.807, 2.05) is 6.08 Å². The molecule has 6 heteroatoms. The number of hydrogen-bond donors (Lipinski definition) is 2. The average molecular weight is 303 g/mol. The zero-order valence-corrected chi connectivity index (χ0v) is 12.1. The minimum atomic E-state index is -0.157. The van der Waals surface area contributed by atoms with Gasteiger partial charge in [-0.1, -0.05) is 29.8 Å². The highest BCUT2D eigenvalue weighted by atomic mass is 35.5. The van der Waals surface area contributed by atoms with Crippen LogP contribution < -0.4 is 16.8 Å². The lowest BCUT2D eigenvalue weighted by Crippen LogP contribution is -2.27. The molecule has 3 rings (SSSR count). The molecule has 0 radical (unpaired) electrons. The Morgan fingerprint density at radius 1 is 1.38 bits per heavy atom. The molecule has 108 valence electrons. The summed E-state index contributed by atoms with van der Waals surface area (Å²) in [5, 5.41) is 1.00. The van der Waals surface area contributed by atoms with Gasteiger partial charge < -0.3 is 0 Å². The SMILES string of the molecule is NNc1nc2ccc(Cl)cc2c(=O)n1CC1=CCCC=C1. The molecular formula is C15H15ClN4O. The van der Waals surface area contributed by atoms with Crippen LogP contribution in [0.2, 0.25) is 5.02 Å². The molecule has 0 fully saturated rings. The number of aromatic nitrogens is 2. The number of hydrazine groups is 1. The largest absolute Gasteiger partial charge is 0.294 e. The van der Waals surface area contributed by atoms with Gasteiger partial charge >= 0.3 is 0 Å². The number of fused-ring (bicyclic) bond motifs is 1. The maximum Gasteiger partial charge on any atom is 0.263 e. The molecule has 1 aromatic heterocycles. The first-order chi connectivity index (χ1) is 10.2. The van der Waals surface area contributed by atoms with Gasteiger partial charge in [-0.25, -0.2) is 10.8 Å². The molecule has 0 atom stereocenters. The predicted octanol–water partition coefficient (Wildman–Crippen LogP) is 2.61. The number of nitrogens with one attached hydrogen (secondary N) is 1. The third-order valence-corrected chi connectivity index (χ3v) is 3.69. The molecule has 1 aliphatic rings. The number of benzene rings is 1. The van der Waals surface area contributed by atoms with Crippen molar-refractivity contribution in [3.63, 3.8) is 0 Å². The highest BCUT2D eigenvalue weighted by Gasteiger charge is 2.12. The van der Waals surface area contributed by atoms with Crippen molar-refractivity contribution in [2.45, 2.75) is 19.4 Å². The van der Waals surface area contributed by atoms with Crippen LogP contribution in [0.25, 0.3) is 10.9 Å². The zero-order chi connectivity index (χ0) is 14.8. The van der Waals surface area contributed by atoms with Crippen molar-refractivity contribution >= 4 is 28.5 Å². The van der Waals surface area contributed by atoms with Crippen molar-refractivity contribution in [2.75, 3.05) is 5.43 Å². The predicted molar refractivity (Wildman–Crippen MR) is 85.3 cm³/mol. The molecule has 21 heavy (non-hydrogen) atoms. The van der Waals surface area contributed by atoms with Crippen LogP contribution in [0.1, 0.15) is 12.8 Å². The Hall–Kier alpha value is -2.11. The molecule has 1 heterocycles. The lowest BCUT2D eigenvalue weighted by atomic mass is 10.1. The summed E-state index contributed by atoms with van der Waals surface area (Å²) in [6.07, 6.45) is 8.26. The Balaban J connectivity index is 2.15. The lowest BCUT2D eigenvalue weighted by Gasteiger charge is -2.14. The third kappa shape index (κ3) is 2.70. The first kappa shape index (κ1) is 13.9. The fourth-order valence-electron chi connectivity index (χ4n) is 2.42. The van der Waals surface area contributed by atoms with Crippen molar-refractivity contribution in [3.05, 3.63) is 57.4 Å². The van der Waals surface area contributed by atoms with Crippen molar-refractivity contribution in [3.8, 4) is 0 Å². The van der Waals surface area contributed by atoms with E-state index in [9.17, 15) is 4.79 Å². The van der Waals surface area contributed by atoms with Crippen molar-refractivity contribution < 1.29 is 0 Å². The number of nitrogens with two attached hydrogens (primary N) is 1. The van der Waals surface area contributed by atoms with Crippen LogP contribution in [-0.2, 0) is 6.54 Å². The first-order valence-corrected chi connectivity index (χ1v) is 7.09. The molecule has 1 aromatic carbocycles. The van der Waals surface area contributed by atoms with Crippen molar-refractivity contribution in [1.29, 1.82) is 0 Å². The Morgan fingerprint density at radius 3 is 2.95 bits per heavy atom.